The highest BCUT2D eigenvalue weighted by Crippen LogP contribution is 2.17. The van der Waals surface area contributed by atoms with Gasteiger partial charge in [-0.15, -0.1) is 0 Å². The van der Waals surface area contributed by atoms with Crippen LogP contribution < -0.4 is 0 Å². The van der Waals surface area contributed by atoms with Crippen LogP contribution in [0.3, 0.4) is 0 Å². The molecule has 0 aromatic rings. The zero-order valence-corrected chi connectivity index (χ0v) is 15.9. The van der Waals surface area contributed by atoms with E-state index in [9.17, 15) is 9.59 Å². The van der Waals surface area contributed by atoms with Crippen LogP contribution in [0.2, 0.25) is 0 Å². The zero-order chi connectivity index (χ0) is 18.5. The predicted molar refractivity (Wildman–Crippen MR) is 100 cm³/mol. The minimum Gasteiger partial charge on any atom is -0.462 e. The molecule has 4 heteroatoms. The van der Waals surface area contributed by atoms with Crippen LogP contribution in [0.4, 0.5) is 0 Å². The molecule has 0 fully saturated rings. The van der Waals surface area contributed by atoms with Crippen molar-refractivity contribution in [3.63, 3.8) is 0 Å². The van der Waals surface area contributed by atoms with Gasteiger partial charge in [0.05, 0.1) is 18.8 Å². The normalized spacial score (nSPS) is 15.0. The summed E-state index contributed by atoms with van der Waals surface area (Å²) >= 11 is 0. The van der Waals surface area contributed by atoms with E-state index in [0.29, 0.717) is 36.7 Å². The van der Waals surface area contributed by atoms with Gasteiger partial charge in [-0.2, -0.15) is 0 Å². The van der Waals surface area contributed by atoms with E-state index < -0.39 is 0 Å². The van der Waals surface area contributed by atoms with E-state index >= 15 is 0 Å². The summed E-state index contributed by atoms with van der Waals surface area (Å²) in [6.07, 6.45) is 13.5. The van der Waals surface area contributed by atoms with Crippen molar-refractivity contribution in [2.24, 2.45) is 5.92 Å². The van der Waals surface area contributed by atoms with Gasteiger partial charge in [0.25, 0.3) is 0 Å². The number of hydrogen-bond acceptors (Lipinski definition) is 4. The average molecular weight is 348 g/mol. The molecule has 0 heterocycles. The molecule has 0 radical (unpaired) electrons. The number of carbonyl (C=O) groups is 2. The number of rotatable bonds is 11. The monoisotopic (exact) mass is 348 g/mol. The molecule has 0 N–H and O–H groups in total. The Balaban J connectivity index is 2.49. The second kappa shape index (κ2) is 12.5. The van der Waals surface area contributed by atoms with Crippen LogP contribution in [0.25, 0.3) is 0 Å². The van der Waals surface area contributed by atoms with E-state index in [0.717, 1.165) is 38.5 Å². The molecule has 1 atom stereocenters. The highest BCUT2D eigenvalue weighted by molar-refractivity contribution is 5.94. The van der Waals surface area contributed by atoms with Crippen molar-refractivity contribution in [3.8, 4) is 0 Å². The lowest BCUT2D eigenvalue weighted by atomic mass is 10.0. The molecule has 0 aromatic heterocycles. The highest BCUT2D eigenvalue weighted by Gasteiger charge is 2.16. The summed E-state index contributed by atoms with van der Waals surface area (Å²) in [6.45, 7) is 7.23. The van der Waals surface area contributed by atoms with E-state index in [4.69, 9.17) is 9.47 Å². The second-order valence-electron chi connectivity index (χ2n) is 6.42. The van der Waals surface area contributed by atoms with Gasteiger partial charge in [0.15, 0.2) is 0 Å². The lowest BCUT2D eigenvalue weighted by molar-refractivity contribution is -0.141. The first-order valence-corrected chi connectivity index (χ1v) is 9.53. The lowest BCUT2D eigenvalue weighted by Crippen LogP contribution is -2.15. The molecule has 25 heavy (non-hydrogen) atoms. The van der Waals surface area contributed by atoms with Gasteiger partial charge in [-0.3, -0.25) is 0 Å². The summed E-state index contributed by atoms with van der Waals surface area (Å²) in [6, 6.07) is 0. The quantitative estimate of drug-likeness (QED) is 0.393. The SMILES string of the molecule is CCCCOC(=O)C1=CCC(C(=O)OCC(CC)CCCC)=CC=C1. The van der Waals surface area contributed by atoms with E-state index in [-0.39, 0.29) is 11.9 Å². The van der Waals surface area contributed by atoms with Crippen LogP contribution in [-0.4, -0.2) is 25.2 Å². The van der Waals surface area contributed by atoms with Gasteiger partial charge >= 0.3 is 11.9 Å². The Labute approximate surface area is 152 Å². The number of hydrogen-bond donors (Lipinski definition) is 0. The Hall–Kier alpha value is -1.84. The molecule has 0 spiro atoms. The Morgan fingerprint density at radius 1 is 1.08 bits per heavy atom. The minimum atomic E-state index is -0.335. The third-order valence-electron chi connectivity index (χ3n) is 4.34. The smallest absolute Gasteiger partial charge is 0.337 e. The van der Waals surface area contributed by atoms with Crippen molar-refractivity contribution < 1.29 is 19.1 Å². The lowest BCUT2D eigenvalue weighted by Gasteiger charge is -2.15. The molecule has 1 rings (SSSR count). The minimum absolute atomic E-state index is 0.295. The van der Waals surface area contributed by atoms with Gasteiger partial charge in [-0.25, -0.2) is 9.59 Å². The molecule has 0 aliphatic heterocycles. The van der Waals surface area contributed by atoms with Crippen LogP contribution in [0, 0.1) is 5.92 Å². The maximum Gasteiger partial charge on any atom is 0.337 e. The Morgan fingerprint density at radius 2 is 1.84 bits per heavy atom. The molecule has 1 aliphatic rings. The molecule has 4 nitrogen and oxygen atoms in total. The molecular weight excluding hydrogens is 316 g/mol. The fourth-order valence-electron chi connectivity index (χ4n) is 2.50. The van der Waals surface area contributed by atoms with E-state index in [1.807, 2.05) is 6.92 Å². The second-order valence-corrected chi connectivity index (χ2v) is 6.42. The van der Waals surface area contributed by atoms with Gasteiger partial charge in [0, 0.05) is 5.57 Å². The third kappa shape index (κ3) is 8.19. The third-order valence-corrected chi connectivity index (χ3v) is 4.34. The maximum absolute atomic E-state index is 12.3. The summed E-state index contributed by atoms with van der Waals surface area (Å²) in [5.74, 6) is -0.208. The number of esters is 2. The summed E-state index contributed by atoms with van der Waals surface area (Å²) in [7, 11) is 0. The number of allylic oxidation sites excluding steroid dienone is 3. The van der Waals surface area contributed by atoms with E-state index in [2.05, 4.69) is 13.8 Å². The average Bonchev–Trinajstić information content (AvgIpc) is 2.88. The van der Waals surface area contributed by atoms with Crippen LogP contribution >= 0.6 is 0 Å². The number of unbranched alkanes of at least 4 members (excludes halogenated alkanes) is 2. The largest absolute Gasteiger partial charge is 0.462 e. The Bertz CT molecular complexity index is 514. The first kappa shape index (κ1) is 21.2. The highest BCUT2D eigenvalue weighted by atomic mass is 16.5. The van der Waals surface area contributed by atoms with Crippen LogP contribution in [0.5, 0.6) is 0 Å². The van der Waals surface area contributed by atoms with Crippen molar-refractivity contribution in [2.75, 3.05) is 13.2 Å². The fourth-order valence-corrected chi connectivity index (χ4v) is 2.50. The molecular formula is C21H32O4. The molecule has 1 aliphatic carbocycles. The van der Waals surface area contributed by atoms with Crippen molar-refractivity contribution in [3.05, 3.63) is 35.5 Å². The van der Waals surface area contributed by atoms with Crippen LogP contribution in [0.15, 0.2) is 35.5 Å². The standard InChI is InChI=1S/C21H32O4/c1-4-7-10-17(6-3)16-25-21(23)19-12-9-11-18(13-14-19)20(22)24-15-8-5-2/h9,11-13,17H,4-8,10,14-16H2,1-3H3. The van der Waals surface area contributed by atoms with Gasteiger partial charge in [-0.1, -0.05) is 64.7 Å². The Kier molecular flexibility index (Phi) is 10.6. The van der Waals surface area contributed by atoms with Gasteiger partial charge in [0.2, 0.25) is 0 Å². The molecule has 0 saturated carbocycles. The summed E-state index contributed by atoms with van der Waals surface area (Å²) in [5.41, 5.74) is 1.06. The maximum atomic E-state index is 12.3. The van der Waals surface area contributed by atoms with Crippen molar-refractivity contribution >= 4 is 11.9 Å². The van der Waals surface area contributed by atoms with Gasteiger partial charge in [-0.05, 0) is 31.3 Å². The van der Waals surface area contributed by atoms with Crippen molar-refractivity contribution in [2.45, 2.75) is 65.7 Å². The summed E-state index contributed by atoms with van der Waals surface area (Å²) < 4.78 is 10.7. The Morgan fingerprint density at radius 3 is 2.52 bits per heavy atom. The molecule has 140 valence electrons. The molecule has 0 aromatic carbocycles. The molecule has 0 saturated heterocycles. The zero-order valence-electron chi connectivity index (χ0n) is 15.9. The summed E-state index contributed by atoms with van der Waals surface area (Å²) in [4.78, 5) is 24.2. The van der Waals surface area contributed by atoms with Gasteiger partial charge in [0.1, 0.15) is 0 Å². The summed E-state index contributed by atoms with van der Waals surface area (Å²) in [5, 5.41) is 0. The van der Waals surface area contributed by atoms with Gasteiger partial charge < -0.3 is 9.47 Å². The predicted octanol–water partition coefficient (Wildman–Crippen LogP) is 4.90. The molecule has 0 bridgehead atoms. The van der Waals surface area contributed by atoms with Crippen molar-refractivity contribution in [1.29, 1.82) is 0 Å². The van der Waals surface area contributed by atoms with Crippen molar-refractivity contribution in [1.82, 2.24) is 0 Å². The van der Waals surface area contributed by atoms with E-state index in [1.54, 1.807) is 24.3 Å². The van der Waals surface area contributed by atoms with E-state index in [1.165, 1.54) is 0 Å². The first-order chi connectivity index (χ1) is 12.1. The first-order valence-electron chi connectivity index (χ1n) is 9.53. The number of carbonyl (C=O) groups excluding carboxylic acids is 2. The van der Waals surface area contributed by atoms with Crippen LogP contribution in [0.1, 0.15) is 65.7 Å². The topological polar surface area (TPSA) is 52.6 Å². The fraction of sp³-hybridized carbons (Fsp3) is 0.619. The molecule has 1 unspecified atom stereocenters. The molecule has 0 amide bonds. The van der Waals surface area contributed by atoms with Crippen LogP contribution in [-0.2, 0) is 19.1 Å². The number of ether oxygens (including phenoxy) is 2.